The maximum absolute atomic E-state index is 9.01. The van der Waals surface area contributed by atoms with E-state index in [4.69, 9.17) is 9.68 Å². The van der Waals surface area contributed by atoms with E-state index in [1.165, 1.54) is 0 Å². The van der Waals surface area contributed by atoms with E-state index in [-0.39, 0.29) is 0 Å². The fraction of sp³-hybridized carbons (Fsp3) is 0. The Bertz CT molecular complexity index is 974. The largest absolute Gasteiger partial charge is 0.464 e. The normalized spacial score (nSPS) is 10.9. The van der Waals surface area contributed by atoms with Gasteiger partial charge in [-0.15, -0.1) is 10.2 Å². The van der Waals surface area contributed by atoms with Crippen LogP contribution in [0, 0.1) is 11.3 Å². The van der Waals surface area contributed by atoms with Crippen molar-refractivity contribution in [1.82, 2.24) is 14.6 Å². The molecule has 0 N–H and O–H groups in total. The first-order chi connectivity index (χ1) is 9.86. The van der Waals surface area contributed by atoms with Gasteiger partial charge in [0, 0.05) is 11.6 Å². The Morgan fingerprint density at radius 1 is 1.10 bits per heavy atom. The topological polar surface area (TPSA) is 67.1 Å². The number of hydrogen-bond donors (Lipinski definition) is 0. The molecular weight excluding hydrogens is 252 g/mol. The van der Waals surface area contributed by atoms with Gasteiger partial charge in [-0.3, -0.25) is 4.40 Å². The number of aromatic nitrogens is 3. The number of rotatable bonds is 1. The zero-order chi connectivity index (χ0) is 13.5. The molecule has 0 aliphatic carbocycles. The molecule has 3 aromatic heterocycles. The molecule has 4 aromatic rings. The maximum atomic E-state index is 9.01. The minimum atomic E-state index is 0.561. The van der Waals surface area contributed by atoms with Crippen LogP contribution in [-0.4, -0.2) is 14.6 Å². The molecule has 5 nitrogen and oxygen atoms in total. The highest BCUT2D eigenvalue weighted by molar-refractivity contribution is 5.92. The molecule has 0 aliphatic heterocycles. The molecule has 94 valence electrons. The highest BCUT2D eigenvalue weighted by Crippen LogP contribution is 2.29. The van der Waals surface area contributed by atoms with Crippen molar-refractivity contribution in [2.24, 2.45) is 0 Å². The van der Waals surface area contributed by atoms with Gasteiger partial charge in [0.05, 0.1) is 11.1 Å². The second-order valence-electron chi connectivity index (χ2n) is 4.43. The Balaban J connectivity index is 2.05. The summed E-state index contributed by atoms with van der Waals surface area (Å²) < 4.78 is 7.33. The summed E-state index contributed by atoms with van der Waals surface area (Å²) in [4.78, 5) is 0. The van der Waals surface area contributed by atoms with Crippen molar-refractivity contribution < 1.29 is 4.42 Å². The molecular formula is C15H8N4O. The molecule has 5 heteroatoms. The maximum Gasteiger partial charge on any atom is 0.172 e. The van der Waals surface area contributed by atoms with Gasteiger partial charge < -0.3 is 4.42 Å². The first-order valence-electron chi connectivity index (χ1n) is 6.08. The smallest absolute Gasteiger partial charge is 0.172 e. The van der Waals surface area contributed by atoms with Crippen LogP contribution in [0.3, 0.4) is 0 Å². The van der Waals surface area contributed by atoms with Gasteiger partial charge in [0.2, 0.25) is 0 Å². The van der Waals surface area contributed by atoms with E-state index in [1.807, 2.05) is 24.3 Å². The molecule has 0 radical (unpaired) electrons. The SMILES string of the molecule is N#Cc1ccc2nnc(-c3coc4ccccc34)n2c1. The number of nitrogens with zero attached hydrogens (tertiary/aromatic N) is 4. The molecule has 0 aliphatic rings. The molecule has 0 atom stereocenters. The Kier molecular flexibility index (Phi) is 2.12. The Labute approximate surface area is 113 Å². The lowest BCUT2D eigenvalue weighted by atomic mass is 10.1. The lowest BCUT2D eigenvalue weighted by Gasteiger charge is -1.98. The van der Waals surface area contributed by atoms with E-state index in [0.717, 1.165) is 16.5 Å². The fourth-order valence-corrected chi connectivity index (χ4v) is 2.29. The zero-order valence-electron chi connectivity index (χ0n) is 10.3. The first kappa shape index (κ1) is 10.8. The van der Waals surface area contributed by atoms with E-state index in [9.17, 15) is 0 Å². The predicted octanol–water partition coefficient (Wildman–Crippen LogP) is 3.01. The predicted molar refractivity (Wildman–Crippen MR) is 72.9 cm³/mol. The van der Waals surface area contributed by atoms with Gasteiger partial charge in [-0.05, 0) is 18.2 Å². The van der Waals surface area contributed by atoms with Crippen molar-refractivity contribution in [3.05, 3.63) is 54.4 Å². The molecule has 1 aromatic carbocycles. The van der Waals surface area contributed by atoms with Crippen molar-refractivity contribution >= 4 is 16.6 Å². The summed E-state index contributed by atoms with van der Waals surface area (Å²) in [5, 5.41) is 18.3. The number of benzene rings is 1. The van der Waals surface area contributed by atoms with Crippen LogP contribution in [-0.2, 0) is 0 Å². The van der Waals surface area contributed by atoms with Crippen LogP contribution in [0.5, 0.6) is 0 Å². The summed E-state index contributed by atoms with van der Waals surface area (Å²) in [6.07, 6.45) is 3.40. The van der Waals surface area contributed by atoms with Crippen molar-refractivity contribution in [3.63, 3.8) is 0 Å². The van der Waals surface area contributed by atoms with Gasteiger partial charge in [-0.25, -0.2) is 0 Å². The molecule has 0 bridgehead atoms. The highest BCUT2D eigenvalue weighted by atomic mass is 16.3. The van der Waals surface area contributed by atoms with E-state index in [2.05, 4.69) is 16.3 Å². The molecule has 4 rings (SSSR count). The molecule has 0 saturated carbocycles. The summed E-state index contributed by atoms with van der Waals surface area (Å²) in [7, 11) is 0. The van der Waals surface area contributed by atoms with Crippen LogP contribution >= 0.6 is 0 Å². The van der Waals surface area contributed by atoms with E-state index < -0.39 is 0 Å². The molecule has 0 unspecified atom stereocenters. The average molecular weight is 260 g/mol. The number of hydrogen-bond acceptors (Lipinski definition) is 4. The fourth-order valence-electron chi connectivity index (χ4n) is 2.29. The van der Waals surface area contributed by atoms with Gasteiger partial charge >= 0.3 is 0 Å². The van der Waals surface area contributed by atoms with Gasteiger partial charge in [0.15, 0.2) is 11.5 Å². The van der Waals surface area contributed by atoms with Crippen molar-refractivity contribution in [2.45, 2.75) is 0 Å². The molecule has 3 heterocycles. The minimum Gasteiger partial charge on any atom is -0.464 e. The summed E-state index contributed by atoms with van der Waals surface area (Å²) in [6, 6.07) is 13.4. The lowest BCUT2D eigenvalue weighted by molar-refractivity contribution is 0.616. The summed E-state index contributed by atoms with van der Waals surface area (Å²) >= 11 is 0. The monoisotopic (exact) mass is 260 g/mol. The third-order valence-electron chi connectivity index (χ3n) is 3.25. The number of pyridine rings is 1. The quantitative estimate of drug-likeness (QED) is 0.527. The number of furan rings is 1. The highest BCUT2D eigenvalue weighted by Gasteiger charge is 2.14. The van der Waals surface area contributed by atoms with E-state index in [1.54, 1.807) is 29.0 Å². The summed E-state index contributed by atoms with van der Waals surface area (Å²) in [5.41, 5.74) is 2.93. The average Bonchev–Trinajstić information content (AvgIpc) is 3.09. The number of para-hydroxylation sites is 1. The third-order valence-corrected chi connectivity index (χ3v) is 3.25. The first-order valence-corrected chi connectivity index (χ1v) is 6.08. The van der Waals surface area contributed by atoms with Crippen LogP contribution < -0.4 is 0 Å². The van der Waals surface area contributed by atoms with Crippen LogP contribution in [0.1, 0.15) is 5.56 Å². The lowest BCUT2D eigenvalue weighted by Crippen LogP contribution is -1.90. The van der Waals surface area contributed by atoms with E-state index in [0.29, 0.717) is 17.0 Å². The summed E-state index contributed by atoms with van der Waals surface area (Å²) in [6.45, 7) is 0. The van der Waals surface area contributed by atoms with Gasteiger partial charge in [-0.1, -0.05) is 18.2 Å². The van der Waals surface area contributed by atoms with Crippen LogP contribution in [0.4, 0.5) is 0 Å². The summed E-state index contributed by atoms with van der Waals surface area (Å²) in [5.74, 6) is 0.669. The van der Waals surface area contributed by atoms with Crippen molar-refractivity contribution in [3.8, 4) is 17.5 Å². The molecule has 0 saturated heterocycles. The molecule has 0 spiro atoms. The Morgan fingerprint density at radius 2 is 2.00 bits per heavy atom. The number of nitriles is 1. The second-order valence-corrected chi connectivity index (χ2v) is 4.43. The zero-order valence-corrected chi connectivity index (χ0v) is 10.3. The standard InChI is InChI=1S/C15H8N4O/c16-7-10-5-6-14-17-18-15(19(14)8-10)12-9-20-13-4-2-1-3-11(12)13/h1-6,8-9H. The molecule has 20 heavy (non-hydrogen) atoms. The minimum absolute atomic E-state index is 0.561. The number of fused-ring (bicyclic) bond motifs is 2. The second kappa shape index (κ2) is 3.93. The van der Waals surface area contributed by atoms with Gasteiger partial charge in [0.25, 0.3) is 0 Å². The molecule has 0 fully saturated rings. The van der Waals surface area contributed by atoms with Crippen LogP contribution in [0.2, 0.25) is 0 Å². The Morgan fingerprint density at radius 3 is 2.90 bits per heavy atom. The molecule has 0 amide bonds. The van der Waals surface area contributed by atoms with Crippen LogP contribution in [0.25, 0.3) is 28.0 Å². The van der Waals surface area contributed by atoms with Gasteiger partial charge in [0.1, 0.15) is 17.9 Å². The van der Waals surface area contributed by atoms with Crippen molar-refractivity contribution in [1.29, 1.82) is 5.26 Å². The third kappa shape index (κ3) is 1.42. The Hall–Kier alpha value is -3.13. The van der Waals surface area contributed by atoms with E-state index >= 15 is 0 Å². The van der Waals surface area contributed by atoms with Crippen LogP contribution in [0.15, 0.2) is 53.3 Å². The van der Waals surface area contributed by atoms with Crippen molar-refractivity contribution in [2.75, 3.05) is 0 Å². The van der Waals surface area contributed by atoms with Gasteiger partial charge in [-0.2, -0.15) is 5.26 Å².